The monoisotopic (exact) mass is 863 g/mol. The largest absolute Gasteiger partial charge is 0.493 e. The lowest BCUT2D eigenvalue weighted by molar-refractivity contribution is -0.121. The molecular formula is C46H53N7O8S. The van der Waals surface area contributed by atoms with Gasteiger partial charge in [0.2, 0.25) is 11.8 Å². The standard InChI is InChI=1S/C46H53N7O8S/c1-5-18-60-19-9-16-47-42(54)15-17-48-45(57)41-23-30-21-31(13-14-40(30)62-41)50-44(56)37-24-32(27-51(37)2)49-43(55)12-8-20-61-39-26-36-34(25-38(39)59-4)46(58)53-33(28-52(36)3)22-29-10-6-7-11-35(29)53/h6-7,10-11,13-14,21,23-27,33H,5,8-9,12,15-20,22,28H2,1-4H3,(H,47,54)(H,48,57)(H,49,55)(H,50,56)/t33-/m0/s1. The van der Waals surface area contributed by atoms with Crippen LogP contribution in [0.25, 0.3) is 10.1 Å². The zero-order valence-corrected chi connectivity index (χ0v) is 36.3. The molecule has 2 aliphatic rings. The maximum Gasteiger partial charge on any atom is 0.272 e. The van der Waals surface area contributed by atoms with Crippen molar-refractivity contribution in [2.45, 2.75) is 51.5 Å². The number of carbonyl (C=O) groups is 5. The van der Waals surface area contributed by atoms with Crippen LogP contribution >= 0.6 is 11.3 Å². The van der Waals surface area contributed by atoms with Gasteiger partial charge in [0.25, 0.3) is 17.7 Å². The van der Waals surface area contributed by atoms with Crippen LogP contribution < -0.4 is 40.5 Å². The number of amides is 5. The average molecular weight is 864 g/mol. The number of nitrogens with zero attached hydrogens (tertiary/aromatic N) is 3. The quantitative estimate of drug-likeness (QED) is 0.0689. The molecular weight excluding hydrogens is 811 g/mol. The lowest BCUT2D eigenvalue weighted by atomic mass is 10.1. The van der Waals surface area contributed by atoms with Gasteiger partial charge in [-0.05, 0) is 79.1 Å². The van der Waals surface area contributed by atoms with Crippen LogP contribution in [0.4, 0.5) is 22.7 Å². The van der Waals surface area contributed by atoms with Gasteiger partial charge in [0.15, 0.2) is 11.5 Å². The zero-order chi connectivity index (χ0) is 43.8. The van der Waals surface area contributed by atoms with Gasteiger partial charge < -0.3 is 49.8 Å². The third-order valence-corrected chi connectivity index (χ3v) is 11.9. The Kier molecular flexibility index (Phi) is 14.1. The van der Waals surface area contributed by atoms with Crippen molar-refractivity contribution >= 4 is 73.7 Å². The molecule has 326 valence electrons. The van der Waals surface area contributed by atoms with E-state index in [4.69, 9.17) is 14.2 Å². The second kappa shape index (κ2) is 20.0. The number of methoxy groups -OCH3 is 1. The van der Waals surface area contributed by atoms with Gasteiger partial charge in [0.1, 0.15) is 5.69 Å². The van der Waals surface area contributed by atoms with Crippen LogP contribution in [0.3, 0.4) is 0 Å². The summed E-state index contributed by atoms with van der Waals surface area (Å²) < 4.78 is 19.7. The second-order valence-corrected chi connectivity index (χ2v) is 16.5. The Morgan fingerprint density at radius 3 is 2.47 bits per heavy atom. The van der Waals surface area contributed by atoms with Crippen molar-refractivity contribution in [3.05, 3.63) is 94.6 Å². The Balaban J connectivity index is 0.869. The summed E-state index contributed by atoms with van der Waals surface area (Å²) in [6.45, 7) is 5.00. The van der Waals surface area contributed by atoms with Crippen molar-refractivity contribution in [2.24, 2.45) is 7.05 Å². The van der Waals surface area contributed by atoms with Crippen LogP contribution in [0, 0.1) is 0 Å². The number of thiophene rings is 1. The molecule has 15 nitrogen and oxygen atoms in total. The minimum absolute atomic E-state index is 0.0191. The number of anilines is 4. The molecule has 4 N–H and O–H groups in total. The van der Waals surface area contributed by atoms with Crippen molar-refractivity contribution < 1.29 is 38.2 Å². The Hall–Kier alpha value is -6.39. The van der Waals surface area contributed by atoms with Crippen molar-refractivity contribution in [1.82, 2.24) is 15.2 Å². The summed E-state index contributed by atoms with van der Waals surface area (Å²) in [6.07, 6.45) is 4.92. The number of rotatable bonds is 19. The number of likely N-dealkylation sites (N-methyl/N-ethyl adjacent to an activating group) is 1. The number of carbonyl (C=O) groups excluding carboxylic acids is 5. The Bertz CT molecular complexity index is 2460. The molecule has 0 fully saturated rings. The highest BCUT2D eigenvalue weighted by molar-refractivity contribution is 7.20. The molecule has 4 heterocycles. The van der Waals surface area contributed by atoms with Gasteiger partial charge >= 0.3 is 0 Å². The molecule has 3 aromatic carbocycles. The van der Waals surface area contributed by atoms with Gasteiger partial charge in [0, 0.05) is 88.1 Å². The van der Waals surface area contributed by atoms with Crippen LogP contribution in [0.2, 0.25) is 0 Å². The van der Waals surface area contributed by atoms with E-state index < -0.39 is 0 Å². The normalized spacial score (nSPS) is 14.1. The fourth-order valence-corrected chi connectivity index (χ4v) is 8.73. The SMILES string of the molecule is CCCOCCCNC(=O)CCNC(=O)c1cc2cc(NC(=O)c3cc(NC(=O)CCCOc4cc5c(cc4OC)C(=O)N4c6ccccc6C[C@H]4CN5C)cn3C)ccc2s1. The molecule has 0 spiro atoms. The minimum Gasteiger partial charge on any atom is -0.493 e. The smallest absolute Gasteiger partial charge is 0.272 e. The molecule has 16 heteroatoms. The Morgan fingerprint density at radius 1 is 0.806 bits per heavy atom. The van der Waals surface area contributed by atoms with E-state index >= 15 is 0 Å². The molecule has 62 heavy (non-hydrogen) atoms. The van der Waals surface area contributed by atoms with E-state index in [1.54, 1.807) is 48.1 Å². The van der Waals surface area contributed by atoms with E-state index in [-0.39, 0.29) is 61.6 Å². The van der Waals surface area contributed by atoms with Gasteiger partial charge in [-0.25, -0.2) is 0 Å². The second-order valence-electron chi connectivity index (χ2n) is 15.4. The van der Waals surface area contributed by atoms with Crippen molar-refractivity contribution in [1.29, 1.82) is 0 Å². The first-order valence-corrected chi connectivity index (χ1v) is 21.8. The van der Waals surface area contributed by atoms with Crippen LogP contribution in [0.1, 0.15) is 75.1 Å². The van der Waals surface area contributed by atoms with Gasteiger partial charge in [-0.3, -0.25) is 24.0 Å². The molecule has 7 rings (SSSR count). The van der Waals surface area contributed by atoms with Gasteiger partial charge in [-0.2, -0.15) is 0 Å². The molecule has 0 saturated heterocycles. The summed E-state index contributed by atoms with van der Waals surface area (Å²) in [5.41, 5.74) is 4.77. The van der Waals surface area contributed by atoms with Crippen LogP contribution in [0.15, 0.2) is 72.9 Å². The zero-order valence-electron chi connectivity index (χ0n) is 35.5. The number of hydrogen-bond acceptors (Lipinski definition) is 10. The molecule has 2 aromatic heterocycles. The third kappa shape index (κ3) is 10.2. The lowest BCUT2D eigenvalue weighted by Gasteiger charge is -2.25. The average Bonchev–Trinajstić information content (AvgIpc) is 3.95. The number of hydrogen-bond donors (Lipinski definition) is 4. The van der Waals surface area contributed by atoms with Crippen molar-refractivity contribution in [2.75, 3.05) is 74.0 Å². The molecule has 0 aliphatic carbocycles. The number of aromatic nitrogens is 1. The van der Waals surface area contributed by atoms with Gasteiger partial charge in [-0.1, -0.05) is 25.1 Å². The van der Waals surface area contributed by atoms with E-state index in [1.165, 1.54) is 18.4 Å². The summed E-state index contributed by atoms with van der Waals surface area (Å²) in [5.74, 6) is -0.150. The van der Waals surface area contributed by atoms with E-state index in [0.29, 0.717) is 71.7 Å². The first kappa shape index (κ1) is 43.7. The molecule has 0 radical (unpaired) electrons. The van der Waals surface area contributed by atoms with E-state index in [0.717, 1.165) is 46.3 Å². The first-order valence-electron chi connectivity index (χ1n) is 20.9. The number of para-hydroxylation sites is 1. The van der Waals surface area contributed by atoms with Crippen LogP contribution in [0.5, 0.6) is 11.5 Å². The third-order valence-electron chi connectivity index (χ3n) is 10.8. The van der Waals surface area contributed by atoms with E-state index in [1.807, 2.05) is 49.2 Å². The maximum absolute atomic E-state index is 13.9. The summed E-state index contributed by atoms with van der Waals surface area (Å²) in [4.78, 5) is 69.6. The van der Waals surface area contributed by atoms with Gasteiger partial charge in [-0.15, -0.1) is 11.3 Å². The number of nitrogens with one attached hydrogen (secondary N) is 4. The topological polar surface area (TPSA) is 173 Å². The molecule has 0 bridgehead atoms. The highest BCUT2D eigenvalue weighted by atomic mass is 32.1. The number of fused-ring (bicyclic) bond motifs is 5. The highest BCUT2D eigenvalue weighted by Crippen LogP contribution is 2.42. The predicted molar refractivity (Wildman–Crippen MR) is 241 cm³/mol. The number of aryl methyl sites for hydroxylation is 1. The minimum atomic E-state index is -0.368. The summed E-state index contributed by atoms with van der Waals surface area (Å²) in [7, 11) is 5.24. The van der Waals surface area contributed by atoms with Gasteiger partial charge in [0.05, 0.1) is 41.6 Å². The van der Waals surface area contributed by atoms with E-state index in [9.17, 15) is 24.0 Å². The Morgan fingerprint density at radius 2 is 1.65 bits per heavy atom. The highest BCUT2D eigenvalue weighted by Gasteiger charge is 2.39. The van der Waals surface area contributed by atoms with Crippen LogP contribution in [-0.4, -0.2) is 93.8 Å². The van der Waals surface area contributed by atoms with Crippen molar-refractivity contribution in [3.63, 3.8) is 0 Å². The molecule has 1 atom stereocenters. The number of benzene rings is 3. The number of ether oxygens (including phenoxy) is 3. The van der Waals surface area contributed by atoms with E-state index in [2.05, 4.69) is 32.2 Å². The molecule has 2 aliphatic heterocycles. The lowest BCUT2D eigenvalue weighted by Crippen LogP contribution is -2.41. The maximum atomic E-state index is 13.9. The predicted octanol–water partition coefficient (Wildman–Crippen LogP) is 6.37. The molecule has 5 amide bonds. The summed E-state index contributed by atoms with van der Waals surface area (Å²) >= 11 is 1.33. The first-order chi connectivity index (χ1) is 30.0. The molecule has 5 aromatic rings. The molecule has 0 saturated carbocycles. The fraction of sp³-hybridized carbons (Fsp3) is 0.370. The Labute approximate surface area is 364 Å². The summed E-state index contributed by atoms with van der Waals surface area (Å²) in [5, 5.41) is 12.2. The fourth-order valence-electron chi connectivity index (χ4n) is 7.77. The van der Waals surface area contributed by atoms with Crippen molar-refractivity contribution in [3.8, 4) is 11.5 Å². The molecule has 0 unspecified atom stereocenters. The summed E-state index contributed by atoms with van der Waals surface area (Å²) in [6, 6.07) is 20.4. The van der Waals surface area contributed by atoms with Crippen LogP contribution in [-0.2, 0) is 27.8 Å².